The lowest BCUT2D eigenvalue weighted by Crippen LogP contribution is -2.49. The minimum atomic E-state index is -0.513. The molecule has 1 unspecified atom stereocenters. The molecule has 1 aliphatic carbocycles. The molecule has 1 atom stereocenters. The molecule has 1 N–H and O–H groups in total. The van der Waals surface area contributed by atoms with Crippen LogP contribution >= 0.6 is 0 Å². The van der Waals surface area contributed by atoms with Gasteiger partial charge in [0.25, 0.3) is 11.8 Å². The van der Waals surface area contributed by atoms with E-state index in [2.05, 4.69) is 11.4 Å². The number of anilines is 1. The summed E-state index contributed by atoms with van der Waals surface area (Å²) in [7, 11) is 0. The Hall–Kier alpha value is -3.41. The van der Waals surface area contributed by atoms with E-state index in [4.69, 9.17) is 0 Å². The Morgan fingerprint density at radius 2 is 1.75 bits per heavy atom. The normalized spacial score (nSPS) is 19.2. The third kappa shape index (κ3) is 3.60. The Bertz CT molecular complexity index is 1110. The lowest BCUT2D eigenvalue weighted by molar-refractivity contribution is -0.121. The number of hydrogen-bond donors (Lipinski definition) is 1. The van der Waals surface area contributed by atoms with Crippen LogP contribution in [0.3, 0.4) is 0 Å². The van der Waals surface area contributed by atoms with Gasteiger partial charge in [-0.3, -0.25) is 19.3 Å². The summed E-state index contributed by atoms with van der Waals surface area (Å²) in [6.45, 7) is 0.878. The van der Waals surface area contributed by atoms with Crippen molar-refractivity contribution in [2.75, 3.05) is 18.0 Å². The van der Waals surface area contributed by atoms with E-state index in [0.717, 1.165) is 24.8 Å². The molecule has 3 amide bonds. The highest BCUT2D eigenvalue weighted by Crippen LogP contribution is 2.45. The molecule has 0 aromatic heterocycles. The van der Waals surface area contributed by atoms with Gasteiger partial charge in [-0.2, -0.15) is 0 Å². The van der Waals surface area contributed by atoms with Crippen molar-refractivity contribution in [2.24, 2.45) is 0 Å². The summed E-state index contributed by atoms with van der Waals surface area (Å²) in [6, 6.07) is 14.6. The zero-order valence-corrected chi connectivity index (χ0v) is 18.0. The number of hydrogen-bond acceptors (Lipinski definition) is 3. The van der Waals surface area contributed by atoms with Crippen molar-refractivity contribution in [1.82, 2.24) is 10.2 Å². The molecular formula is C26H27N3O3. The SMILES string of the molecule is O=C(CCN1C(=O)c2ccccc2N2C(=O)c3ccccc3C12)NCCC1=CCCCC1. The molecule has 0 saturated carbocycles. The van der Waals surface area contributed by atoms with Gasteiger partial charge in [0.05, 0.1) is 11.3 Å². The lowest BCUT2D eigenvalue weighted by Gasteiger charge is -2.40. The van der Waals surface area contributed by atoms with Crippen LogP contribution in [0, 0.1) is 0 Å². The van der Waals surface area contributed by atoms with Crippen LogP contribution in [0.15, 0.2) is 60.2 Å². The number of amides is 3. The van der Waals surface area contributed by atoms with Gasteiger partial charge in [-0.25, -0.2) is 0 Å². The standard InChI is InChI=1S/C26H27N3O3/c30-23(27-16-14-18-8-2-1-3-9-18)15-17-28-24-19-10-4-5-11-20(19)26(32)29(24)22-13-7-6-12-21(22)25(28)31/h4-8,10-13,24H,1-3,9,14-17H2,(H,27,30). The first-order chi connectivity index (χ1) is 15.6. The van der Waals surface area contributed by atoms with Crippen molar-refractivity contribution in [3.8, 4) is 0 Å². The molecule has 0 bridgehead atoms. The number of nitrogens with zero attached hydrogens (tertiary/aromatic N) is 2. The minimum absolute atomic E-state index is 0.0720. The largest absolute Gasteiger partial charge is 0.356 e. The highest BCUT2D eigenvalue weighted by molar-refractivity contribution is 6.16. The zero-order chi connectivity index (χ0) is 22.1. The molecule has 2 heterocycles. The van der Waals surface area contributed by atoms with E-state index in [1.54, 1.807) is 28.0 Å². The maximum absolute atomic E-state index is 13.4. The third-order valence-corrected chi connectivity index (χ3v) is 6.62. The smallest absolute Gasteiger partial charge is 0.260 e. The third-order valence-electron chi connectivity index (χ3n) is 6.62. The van der Waals surface area contributed by atoms with Gasteiger partial charge in [-0.1, -0.05) is 42.0 Å². The van der Waals surface area contributed by atoms with Gasteiger partial charge < -0.3 is 10.2 Å². The van der Waals surface area contributed by atoms with Gasteiger partial charge in [-0.05, 0) is 50.3 Å². The molecule has 2 aromatic carbocycles. The molecule has 6 heteroatoms. The van der Waals surface area contributed by atoms with Crippen LogP contribution in [-0.4, -0.2) is 35.7 Å². The highest BCUT2D eigenvalue weighted by Gasteiger charge is 2.47. The summed E-state index contributed by atoms with van der Waals surface area (Å²) in [6.07, 6.45) is 7.63. The second kappa shape index (κ2) is 8.61. The van der Waals surface area contributed by atoms with E-state index in [-0.39, 0.29) is 30.7 Å². The van der Waals surface area contributed by atoms with Crippen LogP contribution in [0.25, 0.3) is 0 Å². The Kier molecular flexibility index (Phi) is 5.52. The highest BCUT2D eigenvalue weighted by atomic mass is 16.2. The fourth-order valence-corrected chi connectivity index (χ4v) is 5.00. The molecule has 2 aromatic rings. The molecule has 164 valence electrons. The molecule has 0 radical (unpaired) electrons. The molecule has 32 heavy (non-hydrogen) atoms. The summed E-state index contributed by atoms with van der Waals surface area (Å²) >= 11 is 0. The first kappa shape index (κ1) is 20.5. The maximum atomic E-state index is 13.4. The fraction of sp³-hybridized carbons (Fsp3) is 0.346. The first-order valence-corrected chi connectivity index (χ1v) is 11.4. The van der Waals surface area contributed by atoms with Crippen molar-refractivity contribution in [2.45, 2.75) is 44.7 Å². The van der Waals surface area contributed by atoms with Crippen molar-refractivity contribution in [3.05, 3.63) is 76.9 Å². The Balaban J connectivity index is 1.32. The molecule has 0 fully saturated rings. The number of allylic oxidation sites excluding steroid dienone is 1. The van der Waals surface area contributed by atoms with E-state index in [1.165, 1.54) is 18.4 Å². The molecular weight excluding hydrogens is 402 g/mol. The molecule has 2 aliphatic heterocycles. The predicted octanol–water partition coefficient (Wildman–Crippen LogP) is 4.20. The van der Waals surface area contributed by atoms with Crippen LogP contribution < -0.4 is 10.2 Å². The van der Waals surface area contributed by atoms with E-state index in [0.29, 0.717) is 23.4 Å². The van der Waals surface area contributed by atoms with Gasteiger partial charge >= 0.3 is 0 Å². The van der Waals surface area contributed by atoms with Crippen LogP contribution in [-0.2, 0) is 4.79 Å². The Morgan fingerprint density at radius 3 is 2.56 bits per heavy atom. The number of para-hydroxylation sites is 1. The zero-order valence-electron chi connectivity index (χ0n) is 18.0. The van der Waals surface area contributed by atoms with Crippen molar-refractivity contribution < 1.29 is 14.4 Å². The number of fused-ring (bicyclic) bond motifs is 5. The molecule has 6 nitrogen and oxygen atoms in total. The minimum Gasteiger partial charge on any atom is -0.356 e. The van der Waals surface area contributed by atoms with Crippen LogP contribution in [0.2, 0.25) is 0 Å². The van der Waals surface area contributed by atoms with Crippen LogP contribution in [0.4, 0.5) is 5.69 Å². The van der Waals surface area contributed by atoms with E-state index in [9.17, 15) is 14.4 Å². The van der Waals surface area contributed by atoms with Gasteiger partial charge in [0, 0.05) is 30.6 Å². The predicted molar refractivity (Wildman–Crippen MR) is 122 cm³/mol. The van der Waals surface area contributed by atoms with Crippen molar-refractivity contribution in [3.63, 3.8) is 0 Å². The summed E-state index contributed by atoms with van der Waals surface area (Å²) in [5.74, 6) is -0.329. The number of carbonyl (C=O) groups excluding carboxylic acids is 3. The lowest BCUT2D eigenvalue weighted by atomic mass is 9.97. The van der Waals surface area contributed by atoms with Gasteiger partial charge in [0.1, 0.15) is 6.17 Å². The number of rotatable bonds is 6. The molecule has 5 rings (SSSR count). The Labute approximate surface area is 187 Å². The molecule has 0 saturated heterocycles. The van der Waals surface area contributed by atoms with E-state index in [1.807, 2.05) is 30.3 Å². The topological polar surface area (TPSA) is 69.7 Å². The average Bonchev–Trinajstić information content (AvgIpc) is 3.12. The van der Waals surface area contributed by atoms with Crippen molar-refractivity contribution in [1.29, 1.82) is 0 Å². The van der Waals surface area contributed by atoms with Gasteiger partial charge in [-0.15, -0.1) is 0 Å². The molecule has 3 aliphatic rings. The number of nitrogens with one attached hydrogen (secondary N) is 1. The van der Waals surface area contributed by atoms with E-state index < -0.39 is 6.17 Å². The van der Waals surface area contributed by atoms with Gasteiger partial charge in [0.2, 0.25) is 5.91 Å². The van der Waals surface area contributed by atoms with Crippen LogP contribution in [0.5, 0.6) is 0 Å². The van der Waals surface area contributed by atoms with Crippen molar-refractivity contribution >= 4 is 23.4 Å². The summed E-state index contributed by atoms with van der Waals surface area (Å²) in [4.78, 5) is 42.4. The molecule has 0 spiro atoms. The average molecular weight is 430 g/mol. The quantitative estimate of drug-likeness (QED) is 0.700. The number of benzene rings is 2. The van der Waals surface area contributed by atoms with E-state index >= 15 is 0 Å². The van der Waals surface area contributed by atoms with Crippen LogP contribution in [0.1, 0.15) is 71.0 Å². The second-order valence-corrected chi connectivity index (χ2v) is 8.61. The summed E-state index contributed by atoms with van der Waals surface area (Å²) < 4.78 is 0. The Morgan fingerprint density at radius 1 is 0.969 bits per heavy atom. The summed E-state index contributed by atoms with van der Waals surface area (Å²) in [5.41, 5.74) is 3.97. The second-order valence-electron chi connectivity index (χ2n) is 8.61. The monoisotopic (exact) mass is 429 g/mol. The van der Waals surface area contributed by atoms with Gasteiger partial charge in [0.15, 0.2) is 0 Å². The maximum Gasteiger partial charge on any atom is 0.260 e. The first-order valence-electron chi connectivity index (χ1n) is 11.4. The summed E-state index contributed by atoms with van der Waals surface area (Å²) in [5, 5.41) is 2.99. The number of carbonyl (C=O) groups is 3. The fourth-order valence-electron chi connectivity index (χ4n) is 5.00.